The molecule has 1 aromatic rings. The fraction of sp³-hybridized carbons (Fsp3) is 0.222. The predicted molar refractivity (Wildman–Crippen MR) is 55.2 cm³/mol. The third-order valence-electron chi connectivity index (χ3n) is 1.93. The summed E-state index contributed by atoms with van der Waals surface area (Å²) in [7, 11) is -4.72. The van der Waals surface area contributed by atoms with E-state index in [1.54, 1.807) is 18.2 Å². The van der Waals surface area contributed by atoms with E-state index in [0.717, 1.165) is 0 Å². The van der Waals surface area contributed by atoms with Crippen LogP contribution in [-0.4, -0.2) is 26.4 Å². The zero-order valence-electron chi connectivity index (χ0n) is 8.40. The summed E-state index contributed by atoms with van der Waals surface area (Å²) in [4.78, 5) is 20.0. The molecule has 0 fully saturated rings. The highest BCUT2D eigenvalue weighted by Crippen LogP contribution is 2.53. The second kappa shape index (κ2) is 4.25. The van der Waals surface area contributed by atoms with Gasteiger partial charge in [0.1, 0.15) is 5.75 Å². The second-order valence-electron chi connectivity index (χ2n) is 3.25. The number of carboxylic acid groups (broad SMARTS) is 1. The van der Waals surface area contributed by atoms with Gasteiger partial charge in [0.15, 0.2) is 0 Å². The Kier molecular flexibility index (Phi) is 3.38. The lowest BCUT2D eigenvalue weighted by atomic mass is 10.3. The number of para-hydroxylation sites is 1. The Labute approximate surface area is 91.6 Å². The van der Waals surface area contributed by atoms with Gasteiger partial charge < -0.3 is 19.6 Å². The minimum absolute atomic E-state index is 0.00913. The molecular formula is C9H11O6P. The molecule has 0 radical (unpaired) electrons. The Morgan fingerprint density at radius 2 is 1.88 bits per heavy atom. The van der Waals surface area contributed by atoms with Crippen molar-refractivity contribution in [1.82, 2.24) is 0 Å². The average molecular weight is 246 g/mol. The lowest BCUT2D eigenvalue weighted by Gasteiger charge is -2.23. The standard InChI is InChI=1S/C9H11O6P/c1-9(12,8(10)11)16(13,14)15-7-5-3-2-4-6-7/h2-6,12H,1H3,(H,10,11)(H,13,14). The topological polar surface area (TPSA) is 104 Å². The van der Waals surface area contributed by atoms with Crippen LogP contribution in [-0.2, 0) is 9.36 Å². The van der Waals surface area contributed by atoms with Gasteiger partial charge in [0, 0.05) is 0 Å². The first-order valence-electron chi connectivity index (χ1n) is 4.30. The quantitative estimate of drug-likeness (QED) is 0.686. The monoisotopic (exact) mass is 246 g/mol. The summed E-state index contributed by atoms with van der Waals surface area (Å²) in [5.41, 5.74) is 0. The molecule has 2 unspecified atom stereocenters. The Hall–Kier alpha value is -1.36. The van der Waals surface area contributed by atoms with Crippen LogP contribution < -0.4 is 4.52 Å². The minimum atomic E-state index is -4.72. The number of aliphatic carboxylic acids is 1. The highest BCUT2D eigenvalue weighted by Gasteiger charge is 2.51. The summed E-state index contributed by atoms with van der Waals surface area (Å²) in [5.74, 6) is -1.82. The Morgan fingerprint density at radius 1 is 1.38 bits per heavy atom. The highest BCUT2D eigenvalue weighted by molar-refractivity contribution is 7.55. The van der Waals surface area contributed by atoms with Gasteiger partial charge in [-0.15, -0.1) is 0 Å². The largest absolute Gasteiger partial charge is 0.479 e. The molecule has 0 aliphatic carbocycles. The first kappa shape index (κ1) is 12.7. The summed E-state index contributed by atoms with van der Waals surface area (Å²) >= 11 is 0. The van der Waals surface area contributed by atoms with Crippen molar-refractivity contribution in [1.29, 1.82) is 0 Å². The number of hydrogen-bond acceptors (Lipinski definition) is 4. The second-order valence-corrected chi connectivity index (χ2v) is 5.34. The van der Waals surface area contributed by atoms with Gasteiger partial charge in [-0.05, 0) is 19.1 Å². The summed E-state index contributed by atoms with van der Waals surface area (Å²) in [6, 6.07) is 7.50. The third-order valence-corrected chi connectivity index (χ3v) is 3.68. The van der Waals surface area contributed by atoms with Gasteiger partial charge >= 0.3 is 13.6 Å². The van der Waals surface area contributed by atoms with Crippen molar-refractivity contribution in [3.05, 3.63) is 30.3 Å². The minimum Gasteiger partial charge on any atom is -0.479 e. The highest BCUT2D eigenvalue weighted by atomic mass is 31.2. The molecule has 3 N–H and O–H groups in total. The maximum atomic E-state index is 11.5. The predicted octanol–water partition coefficient (Wildman–Crippen LogP) is 1.04. The molecule has 16 heavy (non-hydrogen) atoms. The normalized spacial score (nSPS) is 18.2. The van der Waals surface area contributed by atoms with Gasteiger partial charge in [-0.25, -0.2) is 9.36 Å². The van der Waals surface area contributed by atoms with Crippen molar-refractivity contribution in [2.45, 2.75) is 12.3 Å². The van der Waals surface area contributed by atoms with E-state index in [-0.39, 0.29) is 5.75 Å². The molecule has 0 amide bonds. The number of hydrogen-bond donors (Lipinski definition) is 3. The summed E-state index contributed by atoms with van der Waals surface area (Å²) in [5, 5.41) is 15.1. The van der Waals surface area contributed by atoms with Gasteiger partial charge in [0.25, 0.3) is 5.34 Å². The summed E-state index contributed by atoms with van der Waals surface area (Å²) in [6.45, 7) is 0.707. The van der Waals surface area contributed by atoms with Crippen LogP contribution in [0.2, 0.25) is 0 Å². The summed E-state index contributed by atoms with van der Waals surface area (Å²) in [6.07, 6.45) is 0. The Morgan fingerprint density at radius 3 is 2.31 bits per heavy atom. The lowest BCUT2D eigenvalue weighted by Crippen LogP contribution is -2.36. The van der Waals surface area contributed by atoms with Crippen molar-refractivity contribution in [2.75, 3.05) is 0 Å². The molecule has 2 atom stereocenters. The zero-order valence-corrected chi connectivity index (χ0v) is 9.29. The SMILES string of the molecule is CC(O)(C(=O)O)P(=O)(O)Oc1ccccc1. The fourth-order valence-electron chi connectivity index (χ4n) is 0.834. The first-order chi connectivity index (χ1) is 7.27. The van der Waals surface area contributed by atoms with Gasteiger partial charge in [-0.2, -0.15) is 0 Å². The lowest BCUT2D eigenvalue weighted by molar-refractivity contribution is -0.150. The molecule has 6 nitrogen and oxygen atoms in total. The van der Waals surface area contributed by atoms with Gasteiger partial charge in [-0.3, -0.25) is 0 Å². The smallest absolute Gasteiger partial charge is 0.419 e. The van der Waals surface area contributed by atoms with Crippen LogP contribution in [0.5, 0.6) is 5.75 Å². The molecule has 0 aliphatic rings. The van der Waals surface area contributed by atoms with Gasteiger partial charge in [-0.1, -0.05) is 18.2 Å². The van der Waals surface area contributed by atoms with Crippen LogP contribution in [0.4, 0.5) is 0 Å². The van der Waals surface area contributed by atoms with Crippen LogP contribution in [0, 0.1) is 0 Å². The van der Waals surface area contributed by atoms with E-state index >= 15 is 0 Å². The molecule has 0 aromatic heterocycles. The Bertz CT molecular complexity index is 427. The van der Waals surface area contributed by atoms with Crippen LogP contribution in [0.15, 0.2) is 30.3 Å². The molecule has 1 aromatic carbocycles. The van der Waals surface area contributed by atoms with Crippen molar-refractivity contribution >= 4 is 13.6 Å². The first-order valence-corrected chi connectivity index (χ1v) is 5.88. The van der Waals surface area contributed by atoms with Crippen molar-refractivity contribution in [2.24, 2.45) is 0 Å². The van der Waals surface area contributed by atoms with Gasteiger partial charge in [0.05, 0.1) is 0 Å². The maximum Gasteiger partial charge on any atom is 0.419 e. The number of rotatable bonds is 4. The third kappa shape index (κ3) is 2.41. The van der Waals surface area contributed by atoms with Crippen LogP contribution in [0.3, 0.4) is 0 Å². The summed E-state index contributed by atoms with van der Waals surface area (Å²) < 4.78 is 16.2. The molecule has 0 spiro atoms. The zero-order chi connectivity index (χ0) is 12.4. The average Bonchev–Trinajstić information content (AvgIpc) is 2.18. The van der Waals surface area contributed by atoms with Crippen LogP contribution in [0.1, 0.15) is 6.92 Å². The van der Waals surface area contributed by atoms with E-state index in [4.69, 9.17) is 5.11 Å². The van der Waals surface area contributed by atoms with Gasteiger partial charge in [0.2, 0.25) is 0 Å². The number of aliphatic hydroxyl groups is 1. The Balaban J connectivity index is 2.97. The molecule has 7 heteroatoms. The van der Waals surface area contributed by atoms with E-state index in [9.17, 15) is 19.4 Å². The molecular weight excluding hydrogens is 235 g/mol. The van der Waals surface area contributed by atoms with E-state index < -0.39 is 18.9 Å². The van der Waals surface area contributed by atoms with E-state index in [1.807, 2.05) is 0 Å². The van der Waals surface area contributed by atoms with E-state index in [0.29, 0.717) is 6.92 Å². The molecule has 88 valence electrons. The molecule has 0 saturated carbocycles. The molecule has 0 heterocycles. The van der Waals surface area contributed by atoms with E-state index in [2.05, 4.69) is 4.52 Å². The molecule has 1 rings (SSSR count). The molecule has 0 aliphatic heterocycles. The van der Waals surface area contributed by atoms with E-state index in [1.165, 1.54) is 12.1 Å². The van der Waals surface area contributed by atoms with Crippen LogP contribution >= 0.6 is 7.60 Å². The number of carbonyl (C=O) groups is 1. The molecule has 0 saturated heterocycles. The number of carboxylic acids is 1. The van der Waals surface area contributed by atoms with Crippen molar-refractivity contribution in [3.8, 4) is 5.75 Å². The maximum absolute atomic E-state index is 11.5. The molecule has 0 bridgehead atoms. The van der Waals surface area contributed by atoms with Crippen LogP contribution in [0.25, 0.3) is 0 Å². The number of benzene rings is 1. The van der Waals surface area contributed by atoms with Crippen molar-refractivity contribution < 1.29 is 29.0 Å². The van der Waals surface area contributed by atoms with Crippen molar-refractivity contribution in [3.63, 3.8) is 0 Å². The fourth-order valence-corrected chi connectivity index (χ4v) is 1.66.